The normalized spacial score (nSPS) is 11.0. The van der Waals surface area contributed by atoms with E-state index in [2.05, 4.69) is 26.5 Å². The fraction of sp³-hybridized carbons (Fsp3) is 0.0333. The molecule has 0 atom stereocenters. The minimum Gasteiger partial charge on any atom is -0.488 e. The number of fused-ring (bicyclic) bond motifs is 1. The van der Waals surface area contributed by atoms with Crippen LogP contribution in [0.5, 0.6) is 5.75 Å². The van der Waals surface area contributed by atoms with Gasteiger partial charge < -0.3 is 4.74 Å². The van der Waals surface area contributed by atoms with Crippen LogP contribution in [0.25, 0.3) is 22.2 Å². The predicted molar refractivity (Wildman–Crippen MR) is 147 cm³/mol. The van der Waals surface area contributed by atoms with E-state index < -0.39 is 0 Å². The molecule has 0 unspecified atom stereocenters. The minimum atomic E-state index is -0.302. The van der Waals surface area contributed by atoms with Crippen LogP contribution in [0.15, 0.2) is 119 Å². The lowest BCUT2D eigenvalue weighted by Crippen LogP contribution is -2.18. The summed E-state index contributed by atoms with van der Waals surface area (Å²) in [5.41, 5.74) is 7.52. The van der Waals surface area contributed by atoms with Crippen molar-refractivity contribution in [1.82, 2.24) is 10.4 Å². The molecule has 6 heteroatoms. The number of para-hydroxylation sites is 1. The van der Waals surface area contributed by atoms with Gasteiger partial charge in [0.2, 0.25) is 0 Å². The average Bonchev–Trinajstić information content (AvgIpc) is 2.93. The first-order chi connectivity index (χ1) is 17.7. The third-order valence-electron chi connectivity index (χ3n) is 5.60. The molecular weight excluding hydrogens is 514 g/mol. The number of amides is 1. The highest BCUT2D eigenvalue weighted by atomic mass is 79.9. The summed E-state index contributed by atoms with van der Waals surface area (Å²) in [4.78, 5) is 17.8. The topological polar surface area (TPSA) is 63.6 Å². The van der Waals surface area contributed by atoms with Gasteiger partial charge in [-0.25, -0.2) is 10.4 Å². The molecule has 0 saturated carbocycles. The van der Waals surface area contributed by atoms with Gasteiger partial charge in [-0.15, -0.1) is 0 Å². The predicted octanol–water partition coefficient (Wildman–Crippen LogP) is 7.01. The Bertz CT molecular complexity index is 1540. The summed E-state index contributed by atoms with van der Waals surface area (Å²) >= 11 is 3.55. The quantitative estimate of drug-likeness (QED) is 0.180. The molecule has 0 saturated heterocycles. The van der Waals surface area contributed by atoms with Crippen LogP contribution in [0.1, 0.15) is 21.5 Å². The van der Waals surface area contributed by atoms with Gasteiger partial charge in [0.25, 0.3) is 5.91 Å². The second-order valence-corrected chi connectivity index (χ2v) is 8.96. The SMILES string of the molecule is O=C(N/N=C/c1ccc(OCc2ccccc2)c(Br)c1)c1cc(-c2ccccc2)nc2ccccc12. The molecule has 36 heavy (non-hydrogen) atoms. The molecule has 0 aliphatic rings. The van der Waals surface area contributed by atoms with Crippen molar-refractivity contribution in [1.29, 1.82) is 0 Å². The maximum absolute atomic E-state index is 13.1. The van der Waals surface area contributed by atoms with Crippen LogP contribution in [-0.2, 0) is 6.61 Å². The monoisotopic (exact) mass is 535 g/mol. The number of rotatable bonds is 7. The molecule has 0 spiro atoms. The first kappa shape index (κ1) is 23.5. The average molecular weight is 536 g/mol. The number of ether oxygens (including phenoxy) is 1. The molecule has 0 aliphatic heterocycles. The number of hydrogen-bond donors (Lipinski definition) is 1. The largest absolute Gasteiger partial charge is 0.488 e. The fourth-order valence-corrected chi connectivity index (χ4v) is 4.31. The molecule has 5 rings (SSSR count). The first-order valence-electron chi connectivity index (χ1n) is 11.4. The summed E-state index contributed by atoms with van der Waals surface area (Å²) in [5.74, 6) is 0.431. The van der Waals surface area contributed by atoms with Gasteiger partial charge in [0.1, 0.15) is 12.4 Å². The van der Waals surface area contributed by atoms with E-state index in [9.17, 15) is 4.79 Å². The Morgan fingerprint density at radius 3 is 2.39 bits per heavy atom. The molecule has 0 bridgehead atoms. The van der Waals surface area contributed by atoms with Gasteiger partial charge in [-0.05, 0) is 57.4 Å². The number of hydrazone groups is 1. The van der Waals surface area contributed by atoms with E-state index >= 15 is 0 Å². The molecule has 4 aromatic carbocycles. The molecule has 0 radical (unpaired) electrons. The van der Waals surface area contributed by atoms with Crippen molar-refractivity contribution < 1.29 is 9.53 Å². The molecular formula is C30H22BrN3O2. The van der Waals surface area contributed by atoms with E-state index in [1.165, 1.54) is 0 Å². The van der Waals surface area contributed by atoms with Gasteiger partial charge in [-0.3, -0.25) is 4.79 Å². The Hall–Kier alpha value is -4.29. The van der Waals surface area contributed by atoms with Crippen molar-refractivity contribution in [3.63, 3.8) is 0 Å². The van der Waals surface area contributed by atoms with Crippen LogP contribution in [0, 0.1) is 0 Å². The third kappa shape index (κ3) is 5.50. The summed E-state index contributed by atoms with van der Waals surface area (Å²) in [7, 11) is 0. The number of carbonyl (C=O) groups excluding carboxylic acids is 1. The van der Waals surface area contributed by atoms with Gasteiger partial charge in [-0.1, -0.05) is 78.9 Å². The zero-order chi connectivity index (χ0) is 24.7. The second kappa shape index (κ2) is 11.0. The Labute approximate surface area is 217 Å². The van der Waals surface area contributed by atoms with Gasteiger partial charge in [0, 0.05) is 10.9 Å². The Morgan fingerprint density at radius 2 is 1.61 bits per heavy atom. The van der Waals surface area contributed by atoms with Crippen LogP contribution < -0.4 is 10.2 Å². The summed E-state index contributed by atoms with van der Waals surface area (Å²) < 4.78 is 6.71. The van der Waals surface area contributed by atoms with E-state index in [1.54, 1.807) is 12.3 Å². The Kier molecular flexibility index (Phi) is 7.15. The highest BCUT2D eigenvalue weighted by molar-refractivity contribution is 9.10. The number of hydrogen-bond acceptors (Lipinski definition) is 4. The first-order valence-corrected chi connectivity index (χ1v) is 12.2. The maximum atomic E-state index is 13.1. The van der Waals surface area contributed by atoms with Crippen molar-refractivity contribution in [2.45, 2.75) is 6.61 Å². The molecule has 1 amide bonds. The molecule has 1 N–H and O–H groups in total. The standard InChI is InChI=1S/C30H22BrN3O2/c31-26-17-22(15-16-29(26)36-20-21-9-3-1-4-10-21)19-32-34-30(35)25-18-28(23-11-5-2-6-12-23)33-27-14-8-7-13-24(25)27/h1-19H,20H2,(H,34,35)/b32-19+. The third-order valence-corrected chi connectivity index (χ3v) is 6.22. The summed E-state index contributed by atoms with van der Waals surface area (Å²) in [6.07, 6.45) is 1.60. The Morgan fingerprint density at radius 1 is 0.889 bits per heavy atom. The number of pyridine rings is 1. The van der Waals surface area contributed by atoms with Crippen LogP contribution in [-0.4, -0.2) is 17.1 Å². The van der Waals surface area contributed by atoms with Crippen LogP contribution in [0.4, 0.5) is 0 Å². The lowest BCUT2D eigenvalue weighted by atomic mass is 10.0. The van der Waals surface area contributed by atoms with Crippen LogP contribution >= 0.6 is 15.9 Å². The summed E-state index contributed by atoms with van der Waals surface area (Å²) in [6.45, 7) is 0.480. The minimum absolute atomic E-state index is 0.302. The maximum Gasteiger partial charge on any atom is 0.272 e. The molecule has 1 aromatic heterocycles. The van der Waals surface area contributed by atoms with Crippen LogP contribution in [0.3, 0.4) is 0 Å². The van der Waals surface area contributed by atoms with Gasteiger partial charge >= 0.3 is 0 Å². The van der Waals surface area contributed by atoms with Crippen molar-refractivity contribution in [2.24, 2.45) is 5.10 Å². The number of benzene rings is 4. The molecule has 5 aromatic rings. The van der Waals surface area contributed by atoms with E-state index in [-0.39, 0.29) is 5.91 Å². The fourth-order valence-electron chi connectivity index (χ4n) is 3.80. The van der Waals surface area contributed by atoms with E-state index in [0.717, 1.165) is 43.5 Å². The molecule has 0 fully saturated rings. The van der Waals surface area contributed by atoms with E-state index in [4.69, 9.17) is 9.72 Å². The molecule has 0 aliphatic carbocycles. The highest BCUT2D eigenvalue weighted by Gasteiger charge is 2.13. The lowest BCUT2D eigenvalue weighted by molar-refractivity contribution is 0.0956. The number of aromatic nitrogens is 1. The number of nitrogens with one attached hydrogen (secondary N) is 1. The number of nitrogens with zero attached hydrogens (tertiary/aromatic N) is 2. The zero-order valence-corrected chi connectivity index (χ0v) is 20.9. The van der Waals surface area contributed by atoms with Gasteiger partial charge in [-0.2, -0.15) is 5.10 Å². The molecule has 1 heterocycles. The number of carbonyl (C=O) groups is 1. The van der Waals surface area contributed by atoms with Crippen LogP contribution in [0.2, 0.25) is 0 Å². The van der Waals surface area contributed by atoms with Crippen molar-refractivity contribution in [2.75, 3.05) is 0 Å². The van der Waals surface area contributed by atoms with E-state index in [0.29, 0.717) is 12.2 Å². The molecule has 5 nitrogen and oxygen atoms in total. The van der Waals surface area contributed by atoms with Crippen molar-refractivity contribution in [3.05, 3.63) is 130 Å². The number of halogens is 1. The highest BCUT2D eigenvalue weighted by Crippen LogP contribution is 2.27. The smallest absolute Gasteiger partial charge is 0.272 e. The summed E-state index contributed by atoms with van der Waals surface area (Å²) in [5, 5.41) is 4.96. The van der Waals surface area contributed by atoms with Gasteiger partial charge in [0.15, 0.2) is 0 Å². The van der Waals surface area contributed by atoms with Crippen molar-refractivity contribution >= 4 is 39.0 Å². The van der Waals surface area contributed by atoms with Crippen molar-refractivity contribution in [3.8, 4) is 17.0 Å². The Balaban J connectivity index is 1.31. The second-order valence-electron chi connectivity index (χ2n) is 8.10. The van der Waals surface area contributed by atoms with E-state index in [1.807, 2.05) is 103 Å². The summed E-state index contributed by atoms with van der Waals surface area (Å²) in [6, 6.07) is 34.8. The molecule has 176 valence electrons. The van der Waals surface area contributed by atoms with Gasteiger partial charge in [0.05, 0.1) is 27.5 Å². The lowest BCUT2D eigenvalue weighted by Gasteiger charge is -2.09. The zero-order valence-electron chi connectivity index (χ0n) is 19.3.